The van der Waals surface area contributed by atoms with E-state index in [1.807, 2.05) is 0 Å². The fraction of sp³-hybridized carbons (Fsp3) is 0. The van der Waals surface area contributed by atoms with Gasteiger partial charge in [0.15, 0.2) is 0 Å². The number of rotatable bonds is 0. The van der Waals surface area contributed by atoms with Gasteiger partial charge in [-0.15, -0.1) is 49.6 Å². The van der Waals surface area contributed by atoms with Crippen molar-refractivity contribution in [3.63, 3.8) is 0 Å². The first-order chi connectivity index (χ1) is 0. The summed E-state index contributed by atoms with van der Waals surface area (Å²) in [6, 6.07) is 0. The maximum Gasteiger partial charge on any atom is 1.00 e. The molecule has 0 aliphatic heterocycles. The third kappa shape index (κ3) is 272. The first kappa shape index (κ1) is 298. The molecule has 0 N–H and O–H groups in total. The van der Waals surface area contributed by atoms with Crippen molar-refractivity contribution >= 4 is 49.6 Å². The molecule has 0 aromatic heterocycles. The van der Waals surface area contributed by atoms with Gasteiger partial charge >= 0.3 is 822 Å². The zero-order valence-corrected chi connectivity index (χ0v) is 89.0. The molecule has 0 spiro atoms. The third-order valence-corrected chi connectivity index (χ3v) is 0. The zero-order valence-electron chi connectivity index (χ0n) is 23.7. The summed E-state index contributed by atoms with van der Waals surface area (Å²) in [5.74, 6) is 0. The Balaban J connectivity index is 0. The molecule has 0 unspecified atom stereocenters. The van der Waals surface area contributed by atoms with E-state index in [0.717, 1.165) is 0 Å². The van der Waals surface area contributed by atoms with E-state index in [2.05, 4.69) is 0 Å². The molecular formula is H4Cl20K16. The van der Waals surface area contributed by atoms with Crippen molar-refractivity contribution in [1.29, 1.82) is 0 Å². The summed E-state index contributed by atoms with van der Waals surface area (Å²) in [6.45, 7) is 0. The molecule has 0 fully saturated rings. The summed E-state index contributed by atoms with van der Waals surface area (Å²) < 4.78 is 0. The summed E-state index contributed by atoms with van der Waals surface area (Å²) in [7, 11) is 0. The van der Waals surface area contributed by atoms with Crippen LogP contribution in [0.1, 0.15) is 0 Å². The molecule has 36 heavy (non-hydrogen) atoms. The van der Waals surface area contributed by atoms with Gasteiger partial charge in [0.1, 0.15) is 0 Å². The van der Waals surface area contributed by atoms with E-state index in [4.69, 9.17) is 0 Å². The van der Waals surface area contributed by atoms with Crippen LogP contribution in [0.3, 0.4) is 0 Å². The van der Waals surface area contributed by atoms with Crippen molar-refractivity contribution in [2.24, 2.45) is 0 Å². The molecule has 0 saturated carbocycles. The summed E-state index contributed by atoms with van der Waals surface area (Å²) in [6.07, 6.45) is 0. The molecule has 0 aliphatic carbocycles. The second-order valence-corrected chi connectivity index (χ2v) is 0. The first-order valence-electron chi connectivity index (χ1n) is 0. The average molecular weight is 1340 g/mol. The van der Waals surface area contributed by atoms with E-state index in [1.165, 1.54) is 0 Å². The van der Waals surface area contributed by atoms with Gasteiger partial charge < -0.3 is 199 Å². The van der Waals surface area contributed by atoms with Crippen LogP contribution < -0.4 is 1020 Å². The largest absolute Gasteiger partial charge is 1.00 e. The molecule has 0 radical (unpaired) electrons. The minimum Gasteiger partial charge on any atom is -1.00 e. The Morgan fingerprint density at radius 1 is 0.0833 bits per heavy atom. The van der Waals surface area contributed by atoms with Crippen molar-refractivity contribution in [2.75, 3.05) is 0 Å². The van der Waals surface area contributed by atoms with E-state index < -0.39 is 0 Å². The molecule has 160 valence electrons. The Morgan fingerprint density at radius 3 is 0.0833 bits per heavy atom. The minimum absolute atomic E-state index is 0. The van der Waals surface area contributed by atoms with Crippen LogP contribution in [-0.2, 0) is 0 Å². The molecule has 0 bridgehead atoms. The Hall–Kier alpha value is 32.0. The fourth-order valence-electron chi connectivity index (χ4n) is 0. The third-order valence-electron chi connectivity index (χ3n) is 0. The van der Waals surface area contributed by atoms with Crippen LogP contribution >= 0.6 is 49.6 Å². The van der Waals surface area contributed by atoms with Gasteiger partial charge in [-0.3, -0.25) is 0 Å². The number of halogens is 20. The Kier molecular flexibility index (Phi) is 2360. The Bertz CT molecular complexity index is 35.7. The smallest absolute Gasteiger partial charge is 1.00 e. The molecule has 0 nitrogen and oxygen atoms in total. The molecule has 0 aromatic rings. The minimum atomic E-state index is 0. The summed E-state index contributed by atoms with van der Waals surface area (Å²) >= 11 is 0. The first-order valence-corrected chi connectivity index (χ1v) is 0. The van der Waals surface area contributed by atoms with Crippen molar-refractivity contribution in [1.82, 2.24) is 0 Å². The monoisotopic (exact) mass is 1330 g/mol. The summed E-state index contributed by atoms with van der Waals surface area (Å²) in [5, 5.41) is 0. The number of hydrogen-bond donors (Lipinski definition) is 0. The van der Waals surface area contributed by atoms with Gasteiger partial charge in [0.2, 0.25) is 0 Å². The molecule has 0 aromatic carbocycles. The normalized spacial score (nSPS) is 0. The van der Waals surface area contributed by atoms with Gasteiger partial charge in [0.05, 0.1) is 0 Å². The Morgan fingerprint density at radius 2 is 0.0833 bits per heavy atom. The van der Waals surface area contributed by atoms with Gasteiger partial charge in [-0.05, 0) is 0 Å². The number of hydrogen-bond acceptors (Lipinski definition) is 0. The summed E-state index contributed by atoms with van der Waals surface area (Å²) in [4.78, 5) is 0. The van der Waals surface area contributed by atoms with E-state index in [0.29, 0.717) is 0 Å². The quantitative estimate of drug-likeness (QED) is 0.212. The van der Waals surface area contributed by atoms with Crippen LogP contribution in [0.2, 0.25) is 0 Å². The molecule has 0 heterocycles. The Labute approximate surface area is 1030 Å². The second-order valence-electron chi connectivity index (χ2n) is 0. The van der Waals surface area contributed by atoms with E-state index in [9.17, 15) is 0 Å². The van der Waals surface area contributed by atoms with Crippen LogP contribution in [0.25, 0.3) is 0 Å². The maximum absolute atomic E-state index is 0. The molecule has 0 aliphatic rings. The topological polar surface area (TPSA) is 0 Å². The van der Waals surface area contributed by atoms with Crippen molar-refractivity contribution < 1.29 is 1020 Å². The van der Waals surface area contributed by atoms with E-state index in [-0.39, 0.29) is 1070 Å². The van der Waals surface area contributed by atoms with Crippen molar-refractivity contribution in [2.45, 2.75) is 0 Å². The standard InChI is InChI=1S/20ClH.16K/h20*1H;;;;;;;;;;;;;;;;/q;;;;;;;;;;;;;;;;;;;;16*+1/p-16. The molecule has 0 amide bonds. The molecule has 36 heteroatoms. The predicted octanol–water partition coefficient (Wildman–Crippen LogP) is -94.2. The van der Waals surface area contributed by atoms with Crippen molar-refractivity contribution in [3.05, 3.63) is 0 Å². The van der Waals surface area contributed by atoms with Gasteiger partial charge in [-0.2, -0.15) is 0 Å². The second kappa shape index (κ2) is 285. The van der Waals surface area contributed by atoms with Gasteiger partial charge in [0, 0.05) is 0 Å². The van der Waals surface area contributed by atoms with Gasteiger partial charge in [-0.25, -0.2) is 0 Å². The predicted molar refractivity (Wildman–Crippen MR) is 29.0 cm³/mol. The molecular weight excluding hydrogens is 1330 g/mol. The van der Waals surface area contributed by atoms with E-state index in [1.54, 1.807) is 0 Å². The van der Waals surface area contributed by atoms with Crippen molar-refractivity contribution in [3.8, 4) is 0 Å². The van der Waals surface area contributed by atoms with E-state index >= 15 is 0 Å². The van der Waals surface area contributed by atoms with Gasteiger partial charge in [0.25, 0.3) is 0 Å². The molecule has 0 saturated heterocycles. The van der Waals surface area contributed by atoms with Crippen LogP contribution in [-0.4, -0.2) is 0 Å². The average Bonchev–Trinajstić information content (AvgIpc) is 0. The van der Waals surface area contributed by atoms with Gasteiger partial charge in [-0.1, -0.05) is 0 Å². The van der Waals surface area contributed by atoms with Crippen LogP contribution in [0.5, 0.6) is 0 Å². The SMILES string of the molecule is Cl.Cl.Cl.Cl.[Cl-].[Cl-].[Cl-].[Cl-].[Cl-].[Cl-].[Cl-].[Cl-].[Cl-].[Cl-].[Cl-].[Cl-].[Cl-].[Cl-].[Cl-].[Cl-].[K+].[K+].[K+].[K+].[K+].[K+].[K+].[K+].[K+].[K+].[K+].[K+].[K+].[K+].[K+].[K+]. The molecule has 0 atom stereocenters. The summed E-state index contributed by atoms with van der Waals surface area (Å²) in [5.41, 5.74) is 0. The fourth-order valence-corrected chi connectivity index (χ4v) is 0. The maximum atomic E-state index is 0. The van der Waals surface area contributed by atoms with Crippen LogP contribution in [0.4, 0.5) is 0 Å². The van der Waals surface area contributed by atoms with Crippen LogP contribution in [0, 0.1) is 0 Å². The molecule has 0 rings (SSSR count). The zero-order chi connectivity index (χ0) is 0. The van der Waals surface area contributed by atoms with Crippen LogP contribution in [0.15, 0.2) is 0 Å².